The van der Waals surface area contributed by atoms with Gasteiger partial charge in [-0.15, -0.1) is 0 Å². The topological polar surface area (TPSA) is 54.4 Å². The van der Waals surface area contributed by atoms with Crippen molar-refractivity contribution < 1.29 is 17.9 Å². The molecule has 0 saturated carbocycles. The molecule has 0 heterocycles. The molecule has 16 heavy (non-hydrogen) atoms. The maximum atomic E-state index is 13.3. The molecule has 0 saturated heterocycles. The molecule has 0 radical (unpaired) electrons. The van der Waals surface area contributed by atoms with E-state index in [0.717, 1.165) is 6.26 Å². The summed E-state index contributed by atoms with van der Waals surface area (Å²) in [5, 5.41) is 9.66. The van der Waals surface area contributed by atoms with Gasteiger partial charge in [0, 0.05) is 16.3 Å². The van der Waals surface area contributed by atoms with Crippen LogP contribution in [0.1, 0.15) is 18.1 Å². The predicted octanol–water partition coefficient (Wildman–Crippen LogP) is 2.06. The van der Waals surface area contributed by atoms with Crippen LogP contribution in [0.3, 0.4) is 0 Å². The molecule has 0 aliphatic rings. The summed E-state index contributed by atoms with van der Waals surface area (Å²) in [4.78, 5) is 0. The van der Waals surface area contributed by atoms with Crippen LogP contribution in [-0.2, 0) is 9.84 Å². The summed E-state index contributed by atoms with van der Waals surface area (Å²) in [5.41, 5.74) is 0.109. The van der Waals surface area contributed by atoms with E-state index < -0.39 is 21.8 Å². The summed E-state index contributed by atoms with van der Waals surface area (Å²) in [6.45, 7) is 0. The number of aliphatic hydroxyl groups is 1. The number of hydrogen-bond acceptors (Lipinski definition) is 3. The molecule has 90 valence electrons. The highest BCUT2D eigenvalue weighted by Crippen LogP contribution is 2.24. The number of halogens is 2. The van der Waals surface area contributed by atoms with Crippen molar-refractivity contribution in [1.82, 2.24) is 0 Å². The molecule has 1 atom stereocenters. The van der Waals surface area contributed by atoms with E-state index in [9.17, 15) is 17.9 Å². The van der Waals surface area contributed by atoms with Crippen molar-refractivity contribution in [2.75, 3.05) is 12.0 Å². The Bertz CT molecular complexity index is 473. The minimum atomic E-state index is -3.14. The lowest BCUT2D eigenvalue weighted by atomic mass is 10.1. The van der Waals surface area contributed by atoms with Crippen molar-refractivity contribution in [3.05, 3.63) is 34.1 Å². The highest BCUT2D eigenvalue weighted by molar-refractivity contribution is 9.10. The van der Waals surface area contributed by atoms with Gasteiger partial charge in [0.05, 0.1) is 11.9 Å². The van der Waals surface area contributed by atoms with E-state index in [1.807, 2.05) is 0 Å². The minimum absolute atomic E-state index is 0.00773. The Labute approximate surface area is 102 Å². The lowest BCUT2D eigenvalue weighted by Gasteiger charge is -2.11. The van der Waals surface area contributed by atoms with Crippen molar-refractivity contribution in [2.24, 2.45) is 0 Å². The van der Waals surface area contributed by atoms with Crippen LogP contribution in [-0.4, -0.2) is 25.5 Å². The molecule has 1 aromatic carbocycles. The molecule has 1 rings (SSSR count). The fourth-order valence-corrected chi connectivity index (χ4v) is 2.28. The Kier molecular flexibility index (Phi) is 4.46. The Morgan fingerprint density at radius 3 is 2.69 bits per heavy atom. The van der Waals surface area contributed by atoms with Gasteiger partial charge in [-0.05, 0) is 24.6 Å². The van der Waals surface area contributed by atoms with Crippen LogP contribution in [0.5, 0.6) is 0 Å². The Morgan fingerprint density at radius 1 is 1.50 bits per heavy atom. The van der Waals surface area contributed by atoms with Crippen LogP contribution in [0.4, 0.5) is 4.39 Å². The molecule has 1 unspecified atom stereocenters. The van der Waals surface area contributed by atoms with E-state index in [2.05, 4.69) is 15.9 Å². The first-order valence-corrected chi connectivity index (χ1v) is 7.45. The molecular formula is C10H12BrFO3S. The molecule has 6 heteroatoms. The third-order valence-corrected chi connectivity index (χ3v) is 3.55. The van der Waals surface area contributed by atoms with E-state index in [1.54, 1.807) is 0 Å². The Hall–Kier alpha value is -0.460. The van der Waals surface area contributed by atoms with Crippen LogP contribution in [0.15, 0.2) is 22.7 Å². The van der Waals surface area contributed by atoms with Gasteiger partial charge in [0.15, 0.2) is 0 Å². The number of aliphatic hydroxyl groups excluding tert-OH is 1. The first-order chi connectivity index (χ1) is 7.29. The zero-order valence-electron chi connectivity index (χ0n) is 8.65. The lowest BCUT2D eigenvalue weighted by Crippen LogP contribution is -2.09. The van der Waals surface area contributed by atoms with Crippen LogP contribution in [0, 0.1) is 5.82 Å². The molecule has 0 aliphatic heterocycles. The number of benzene rings is 1. The predicted molar refractivity (Wildman–Crippen MR) is 63.4 cm³/mol. The van der Waals surface area contributed by atoms with E-state index in [1.165, 1.54) is 18.2 Å². The van der Waals surface area contributed by atoms with Gasteiger partial charge in [0.2, 0.25) is 0 Å². The maximum Gasteiger partial charge on any atom is 0.147 e. The fraction of sp³-hybridized carbons (Fsp3) is 0.400. The minimum Gasteiger partial charge on any atom is -0.388 e. The van der Waals surface area contributed by atoms with Crippen molar-refractivity contribution in [2.45, 2.75) is 12.5 Å². The zero-order valence-corrected chi connectivity index (χ0v) is 11.1. The normalized spacial score (nSPS) is 13.8. The largest absolute Gasteiger partial charge is 0.388 e. The quantitative estimate of drug-likeness (QED) is 0.926. The van der Waals surface area contributed by atoms with Gasteiger partial charge in [-0.1, -0.05) is 15.9 Å². The summed E-state index contributed by atoms with van der Waals surface area (Å²) < 4.78 is 35.8. The molecule has 0 amide bonds. The molecule has 0 aliphatic carbocycles. The van der Waals surface area contributed by atoms with Crippen molar-refractivity contribution in [3.63, 3.8) is 0 Å². The van der Waals surface area contributed by atoms with Crippen molar-refractivity contribution in [1.29, 1.82) is 0 Å². The number of sulfone groups is 1. The molecule has 3 nitrogen and oxygen atoms in total. The van der Waals surface area contributed by atoms with E-state index in [-0.39, 0.29) is 17.7 Å². The first kappa shape index (κ1) is 13.6. The van der Waals surface area contributed by atoms with Gasteiger partial charge in [-0.3, -0.25) is 0 Å². The summed E-state index contributed by atoms with van der Waals surface area (Å²) in [5.74, 6) is -0.704. The second kappa shape index (κ2) is 5.25. The average molecular weight is 311 g/mol. The summed E-state index contributed by atoms with van der Waals surface area (Å²) in [6, 6.07) is 4.19. The number of rotatable bonds is 4. The van der Waals surface area contributed by atoms with Gasteiger partial charge >= 0.3 is 0 Å². The van der Waals surface area contributed by atoms with Crippen molar-refractivity contribution >= 4 is 25.8 Å². The van der Waals surface area contributed by atoms with E-state index >= 15 is 0 Å². The molecule has 1 aromatic rings. The summed E-state index contributed by atoms with van der Waals surface area (Å²) in [7, 11) is -3.14. The first-order valence-electron chi connectivity index (χ1n) is 4.60. The van der Waals surface area contributed by atoms with Gasteiger partial charge in [0.25, 0.3) is 0 Å². The third kappa shape index (κ3) is 4.19. The van der Waals surface area contributed by atoms with E-state index in [0.29, 0.717) is 4.47 Å². The Balaban J connectivity index is 2.80. The van der Waals surface area contributed by atoms with Crippen LogP contribution in [0.25, 0.3) is 0 Å². The second-order valence-corrected chi connectivity index (χ2v) is 6.78. The van der Waals surface area contributed by atoms with E-state index in [4.69, 9.17) is 0 Å². The average Bonchev–Trinajstić information content (AvgIpc) is 2.17. The molecular weight excluding hydrogens is 299 g/mol. The lowest BCUT2D eigenvalue weighted by molar-refractivity contribution is 0.169. The summed E-state index contributed by atoms with van der Waals surface area (Å²) in [6.07, 6.45) is -0.0318. The SMILES string of the molecule is CS(=O)(=O)CCC(O)c1cc(Br)ccc1F. The van der Waals surface area contributed by atoms with Gasteiger partial charge in [-0.25, -0.2) is 12.8 Å². The monoisotopic (exact) mass is 310 g/mol. The zero-order chi connectivity index (χ0) is 12.3. The van der Waals surface area contributed by atoms with Gasteiger partial charge in [0.1, 0.15) is 15.7 Å². The summed E-state index contributed by atoms with van der Waals surface area (Å²) >= 11 is 3.16. The molecule has 0 spiro atoms. The highest BCUT2D eigenvalue weighted by Gasteiger charge is 2.15. The Morgan fingerprint density at radius 2 is 2.12 bits per heavy atom. The fourth-order valence-electron chi connectivity index (χ4n) is 1.25. The molecule has 0 fully saturated rings. The maximum absolute atomic E-state index is 13.3. The third-order valence-electron chi connectivity index (χ3n) is 2.08. The smallest absolute Gasteiger partial charge is 0.147 e. The highest BCUT2D eigenvalue weighted by atomic mass is 79.9. The molecule has 1 N–H and O–H groups in total. The second-order valence-electron chi connectivity index (χ2n) is 3.60. The standard InChI is InChI=1S/C10H12BrFO3S/c1-16(14,15)5-4-10(13)8-6-7(11)2-3-9(8)12/h2-3,6,10,13H,4-5H2,1H3. The van der Waals surface area contributed by atoms with Crippen LogP contribution < -0.4 is 0 Å². The number of hydrogen-bond donors (Lipinski definition) is 1. The van der Waals surface area contributed by atoms with Crippen LogP contribution in [0.2, 0.25) is 0 Å². The molecule has 0 aromatic heterocycles. The van der Waals surface area contributed by atoms with Gasteiger partial charge < -0.3 is 5.11 Å². The molecule has 0 bridgehead atoms. The van der Waals surface area contributed by atoms with Gasteiger partial charge in [-0.2, -0.15) is 0 Å². The van der Waals surface area contributed by atoms with Crippen LogP contribution >= 0.6 is 15.9 Å². The van der Waals surface area contributed by atoms with Crippen molar-refractivity contribution in [3.8, 4) is 0 Å².